The highest BCUT2D eigenvalue weighted by Gasteiger charge is 2.10. The van der Waals surface area contributed by atoms with E-state index in [4.69, 9.17) is 5.73 Å². The lowest BCUT2D eigenvalue weighted by atomic mass is 10.1. The molecule has 0 aliphatic rings. The van der Waals surface area contributed by atoms with Crippen LogP contribution in [0.1, 0.15) is 18.1 Å². The molecular formula is C16H16BrN3. The minimum absolute atomic E-state index is 0.559. The fourth-order valence-electron chi connectivity index (χ4n) is 2.51. The van der Waals surface area contributed by atoms with Crippen molar-refractivity contribution in [1.82, 2.24) is 9.55 Å². The lowest BCUT2D eigenvalue weighted by molar-refractivity contribution is 0.825. The van der Waals surface area contributed by atoms with Crippen LogP contribution in [0.2, 0.25) is 0 Å². The summed E-state index contributed by atoms with van der Waals surface area (Å²) < 4.78 is 3.08. The Hall–Kier alpha value is -1.81. The van der Waals surface area contributed by atoms with E-state index in [2.05, 4.69) is 62.7 Å². The Morgan fingerprint density at radius 2 is 1.90 bits per heavy atom. The van der Waals surface area contributed by atoms with Gasteiger partial charge in [0, 0.05) is 4.47 Å². The van der Waals surface area contributed by atoms with Crippen LogP contribution in [0.25, 0.3) is 11.0 Å². The molecule has 1 heterocycles. The molecule has 20 heavy (non-hydrogen) atoms. The highest BCUT2D eigenvalue weighted by Crippen LogP contribution is 2.23. The van der Waals surface area contributed by atoms with E-state index < -0.39 is 0 Å². The number of benzene rings is 2. The van der Waals surface area contributed by atoms with Crippen LogP contribution in [-0.2, 0) is 13.0 Å². The normalized spacial score (nSPS) is 11.1. The fraction of sp³-hybridized carbons (Fsp3) is 0.188. The molecule has 2 aromatic carbocycles. The number of halogens is 1. The summed E-state index contributed by atoms with van der Waals surface area (Å²) in [7, 11) is 0. The van der Waals surface area contributed by atoms with Gasteiger partial charge in [0.2, 0.25) is 5.95 Å². The molecule has 1 aromatic heterocycles. The summed E-state index contributed by atoms with van der Waals surface area (Å²) in [5.74, 6) is 0.559. The highest BCUT2D eigenvalue weighted by molar-refractivity contribution is 9.10. The van der Waals surface area contributed by atoms with Crippen LogP contribution in [-0.4, -0.2) is 9.55 Å². The summed E-state index contributed by atoms with van der Waals surface area (Å²) in [6, 6.07) is 14.5. The Labute approximate surface area is 126 Å². The first kappa shape index (κ1) is 13.2. The number of aryl methyl sites for hydroxylation is 1. The van der Waals surface area contributed by atoms with Crippen molar-refractivity contribution in [2.24, 2.45) is 0 Å². The van der Waals surface area contributed by atoms with E-state index in [1.165, 1.54) is 11.1 Å². The largest absolute Gasteiger partial charge is 0.369 e. The molecule has 0 radical (unpaired) electrons. The Kier molecular flexibility index (Phi) is 3.49. The van der Waals surface area contributed by atoms with Crippen molar-refractivity contribution in [3.8, 4) is 0 Å². The smallest absolute Gasteiger partial charge is 0.201 e. The third kappa shape index (κ3) is 2.31. The van der Waals surface area contributed by atoms with Gasteiger partial charge in [0.1, 0.15) is 0 Å². The van der Waals surface area contributed by atoms with E-state index in [0.717, 1.165) is 28.5 Å². The predicted octanol–water partition coefficient (Wildman–Crippen LogP) is 3.99. The van der Waals surface area contributed by atoms with Gasteiger partial charge in [-0.3, -0.25) is 0 Å². The molecule has 0 bridgehead atoms. The third-order valence-electron chi connectivity index (χ3n) is 3.57. The SMILES string of the molecule is CCc1ccccc1Cn1c(N)nc2cc(Br)ccc21. The molecule has 3 rings (SSSR count). The summed E-state index contributed by atoms with van der Waals surface area (Å²) in [6.45, 7) is 2.93. The predicted molar refractivity (Wildman–Crippen MR) is 86.8 cm³/mol. The molecule has 2 N–H and O–H groups in total. The average Bonchev–Trinajstić information content (AvgIpc) is 2.75. The summed E-state index contributed by atoms with van der Waals surface area (Å²) in [4.78, 5) is 4.44. The number of hydrogen-bond acceptors (Lipinski definition) is 2. The van der Waals surface area contributed by atoms with Gasteiger partial charge in [-0.1, -0.05) is 47.1 Å². The van der Waals surface area contributed by atoms with Gasteiger partial charge in [-0.15, -0.1) is 0 Å². The van der Waals surface area contributed by atoms with Crippen molar-refractivity contribution in [3.63, 3.8) is 0 Å². The van der Waals surface area contributed by atoms with Crippen molar-refractivity contribution in [3.05, 3.63) is 58.1 Å². The molecule has 0 fully saturated rings. The zero-order valence-corrected chi connectivity index (χ0v) is 12.9. The molecule has 0 aliphatic carbocycles. The van der Waals surface area contributed by atoms with Crippen molar-refractivity contribution in [2.45, 2.75) is 19.9 Å². The van der Waals surface area contributed by atoms with E-state index in [9.17, 15) is 0 Å². The molecule has 0 unspecified atom stereocenters. The Morgan fingerprint density at radius 1 is 1.15 bits per heavy atom. The average molecular weight is 330 g/mol. The van der Waals surface area contributed by atoms with E-state index in [1.54, 1.807) is 0 Å². The van der Waals surface area contributed by atoms with Gasteiger partial charge in [0.25, 0.3) is 0 Å². The lowest BCUT2D eigenvalue weighted by Crippen LogP contribution is -2.06. The van der Waals surface area contributed by atoms with Gasteiger partial charge >= 0.3 is 0 Å². The van der Waals surface area contributed by atoms with Crippen LogP contribution < -0.4 is 5.73 Å². The number of anilines is 1. The van der Waals surface area contributed by atoms with E-state index in [-0.39, 0.29) is 0 Å². The molecule has 0 saturated carbocycles. The number of nitrogen functional groups attached to an aromatic ring is 1. The number of hydrogen-bond donors (Lipinski definition) is 1. The number of nitrogens with zero attached hydrogens (tertiary/aromatic N) is 2. The molecule has 4 heteroatoms. The Balaban J connectivity index is 2.08. The minimum Gasteiger partial charge on any atom is -0.369 e. The first-order valence-electron chi connectivity index (χ1n) is 6.67. The van der Waals surface area contributed by atoms with Crippen LogP contribution in [0.3, 0.4) is 0 Å². The monoisotopic (exact) mass is 329 g/mol. The van der Waals surface area contributed by atoms with Crippen LogP contribution in [0.4, 0.5) is 5.95 Å². The van der Waals surface area contributed by atoms with Crippen molar-refractivity contribution < 1.29 is 0 Å². The number of aromatic nitrogens is 2. The van der Waals surface area contributed by atoms with Gasteiger partial charge in [-0.05, 0) is 35.7 Å². The molecule has 0 amide bonds. The second kappa shape index (κ2) is 5.29. The fourth-order valence-corrected chi connectivity index (χ4v) is 2.86. The first-order chi connectivity index (χ1) is 9.69. The van der Waals surface area contributed by atoms with E-state index in [1.807, 2.05) is 12.1 Å². The van der Waals surface area contributed by atoms with Crippen molar-refractivity contribution in [2.75, 3.05) is 5.73 Å². The Morgan fingerprint density at radius 3 is 2.65 bits per heavy atom. The van der Waals surface area contributed by atoms with Crippen LogP contribution in [0, 0.1) is 0 Å². The maximum atomic E-state index is 6.08. The van der Waals surface area contributed by atoms with Crippen molar-refractivity contribution in [1.29, 1.82) is 0 Å². The van der Waals surface area contributed by atoms with Crippen LogP contribution in [0.15, 0.2) is 46.9 Å². The third-order valence-corrected chi connectivity index (χ3v) is 4.06. The molecule has 0 atom stereocenters. The number of rotatable bonds is 3. The zero-order valence-electron chi connectivity index (χ0n) is 11.3. The summed E-state index contributed by atoms with van der Waals surface area (Å²) in [6.07, 6.45) is 1.02. The second-order valence-electron chi connectivity index (χ2n) is 4.81. The summed E-state index contributed by atoms with van der Waals surface area (Å²) >= 11 is 3.47. The van der Waals surface area contributed by atoms with Crippen LogP contribution in [0.5, 0.6) is 0 Å². The highest BCUT2D eigenvalue weighted by atomic mass is 79.9. The zero-order chi connectivity index (χ0) is 14.1. The van der Waals surface area contributed by atoms with E-state index in [0.29, 0.717) is 5.95 Å². The quantitative estimate of drug-likeness (QED) is 0.789. The van der Waals surface area contributed by atoms with Gasteiger partial charge in [-0.2, -0.15) is 0 Å². The number of imidazole rings is 1. The number of fused-ring (bicyclic) bond motifs is 1. The molecule has 102 valence electrons. The standard InChI is InChI=1S/C16H16BrN3/c1-2-11-5-3-4-6-12(11)10-20-15-8-7-13(17)9-14(15)19-16(20)18/h3-9H,2,10H2,1H3,(H2,18,19). The second-order valence-corrected chi connectivity index (χ2v) is 5.73. The van der Waals surface area contributed by atoms with Gasteiger partial charge in [-0.25, -0.2) is 4.98 Å². The Bertz CT molecular complexity index is 762. The number of nitrogens with two attached hydrogens (primary N) is 1. The van der Waals surface area contributed by atoms with Crippen molar-refractivity contribution >= 4 is 32.9 Å². The maximum absolute atomic E-state index is 6.08. The minimum atomic E-state index is 0.559. The maximum Gasteiger partial charge on any atom is 0.201 e. The molecule has 0 aliphatic heterocycles. The van der Waals surface area contributed by atoms with Gasteiger partial charge < -0.3 is 10.3 Å². The summed E-state index contributed by atoms with van der Waals surface area (Å²) in [5.41, 5.74) is 10.7. The van der Waals surface area contributed by atoms with Crippen LogP contribution >= 0.6 is 15.9 Å². The summed E-state index contributed by atoms with van der Waals surface area (Å²) in [5, 5.41) is 0. The first-order valence-corrected chi connectivity index (χ1v) is 7.46. The van der Waals surface area contributed by atoms with Gasteiger partial charge in [0.15, 0.2) is 0 Å². The lowest BCUT2D eigenvalue weighted by Gasteiger charge is -2.10. The molecule has 3 nitrogen and oxygen atoms in total. The molecular weight excluding hydrogens is 314 g/mol. The van der Waals surface area contributed by atoms with Gasteiger partial charge in [0.05, 0.1) is 17.6 Å². The van der Waals surface area contributed by atoms with E-state index >= 15 is 0 Å². The topological polar surface area (TPSA) is 43.8 Å². The molecule has 0 saturated heterocycles. The molecule has 3 aromatic rings. The molecule has 0 spiro atoms.